The summed E-state index contributed by atoms with van der Waals surface area (Å²) >= 11 is 8.60. The van der Waals surface area contributed by atoms with Gasteiger partial charge >= 0.3 is 0 Å². The van der Waals surface area contributed by atoms with Gasteiger partial charge < -0.3 is 73.4 Å². The van der Waals surface area contributed by atoms with Gasteiger partial charge in [-0.3, -0.25) is 39.6 Å². The molecule has 0 bridgehead atoms. The van der Waals surface area contributed by atoms with Gasteiger partial charge in [-0.15, -0.1) is 22.7 Å². The van der Waals surface area contributed by atoms with Crippen molar-refractivity contribution in [3.63, 3.8) is 0 Å². The Hall–Kier alpha value is -7.79. The van der Waals surface area contributed by atoms with E-state index in [1.807, 2.05) is 24.4 Å². The van der Waals surface area contributed by atoms with Crippen molar-refractivity contribution >= 4 is 92.9 Å². The lowest BCUT2D eigenvalue weighted by Crippen LogP contribution is -2.45. The maximum Gasteiger partial charge on any atom is 0.274 e. The number of likely N-dealkylation sites (N-methyl/N-ethyl adjacent to an activating group) is 2. The van der Waals surface area contributed by atoms with Crippen molar-refractivity contribution in [1.82, 2.24) is 70.4 Å². The summed E-state index contributed by atoms with van der Waals surface area (Å²) in [7, 11) is 3.02. The van der Waals surface area contributed by atoms with Crippen LogP contribution in [0, 0.1) is 10.8 Å². The predicted molar refractivity (Wildman–Crippen MR) is 291 cm³/mol. The van der Waals surface area contributed by atoms with Gasteiger partial charge in [-0.2, -0.15) is 0 Å². The fraction of sp³-hybridized carbons (Fsp3) is 0.417. The van der Waals surface area contributed by atoms with Crippen molar-refractivity contribution in [2.75, 3.05) is 40.3 Å². The number of pyridine rings is 2. The van der Waals surface area contributed by atoms with Crippen LogP contribution in [0.1, 0.15) is 115 Å². The Balaban J connectivity index is 0.000000224. The lowest BCUT2D eigenvalue weighted by Gasteiger charge is -2.22. The molecule has 77 heavy (non-hydrogen) atoms. The number of nitrogens with zero attached hydrogens (tertiary/aromatic N) is 8. The number of rotatable bonds is 20. The summed E-state index contributed by atoms with van der Waals surface area (Å²) < 4.78 is 3.47. The number of carbonyl (C=O) groups excluding carboxylic acids is 6. The normalized spacial score (nSPS) is 17.7. The molecule has 0 radical (unpaired) electrons. The topological polar surface area (TPSA) is 393 Å². The molecule has 6 amide bonds. The molecule has 26 nitrogen and oxygen atoms in total. The first-order valence-electron chi connectivity index (χ1n) is 24.8. The Morgan fingerprint density at radius 3 is 1.57 bits per heavy atom. The van der Waals surface area contributed by atoms with Crippen molar-refractivity contribution in [2.45, 2.75) is 87.6 Å². The van der Waals surface area contributed by atoms with Gasteiger partial charge in [-0.25, -0.2) is 19.9 Å². The molecule has 8 heterocycles. The summed E-state index contributed by atoms with van der Waals surface area (Å²) in [6.45, 7) is 1.69. The number of fused-ring (bicyclic) bond motifs is 2. The first-order chi connectivity index (χ1) is 36.9. The third-order valence-corrected chi connectivity index (χ3v) is 14.8. The number of amides is 6. The van der Waals surface area contributed by atoms with E-state index in [9.17, 15) is 28.8 Å². The zero-order valence-electron chi connectivity index (χ0n) is 42.3. The van der Waals surface area contributed by atoms with Crippen molar-refractivity contribution in [3.05, 3.63) is 104 Å². The molecule has 8 rings (SSSR count). The minimum absolute atomic E-state index is 0.109. The van der Waals surface area contributed by atoms with Gasteiger partial charge in [0.1, 0.15) is 56.2 Å². The Morgan fingerprint density at radius 2 is 1.12 bits per heavy atom. The minimum Gasteiger partial charge on any atom is -0.370 e. The van der Waals surface area contributed by atoms with Gasteiger partial charge in [0.15, 0.2) is 11.9 Å². The molecule has 6 aromatic heterocycles. The lowest BCUT2D eigenvalue weighted by atomic mass is 10.1. The second-order valence-electron chi connectivity index (χ2n) is 18.4. The Kier molecular flexibility index (Phi) is 19.5. The Labute approximate surface area is 455 Å². The number of imidazole rings is 2. The van der Waals surface area contributed by atoms with Crippen LogP contribution >= 0.6 is 34.3 Å². The number of nitrogens with one attached hydrogen (secondary N) is 8. The average molecular weight is 1120 g/mol. The van der Waals surface area contributed by atoms with Crippen LogP contribution in [0.2, 0.25) is 5.02 Å². The van der Waals surface area contributed by atoms with Crippen molar-refractivity contribution in [3.8, 4) is 0 Å². The maximum absolute atomic E-state index is 13.4. The van der Waals surface area contributed by atoms with Crippen LogP contribution in [0.3, 0.4) is 0 Å². The SMILES string of the molecule is CNC(=O)[C@@H](CCCCNC(=N)N)NC(=O)c1csc([C@@H]2C[C@@H](N)CN2C(=O)c2cn3cc(Cl)ccc3n2)n1.CNC(=O)[C@H](CCCCNC(=N)N)NC(=O)c1csc([C@@H]2C[C@@H](N)CN2C(=O)c2cn3ccccc3n2)n1. The highest BCUT2D eigenvalue weighted by molar-refractivity contribution is 7.10. The number of thiazole rings is 2. The van der Waals surface area contributed by atoms with Crippen LogP contribution in [0.15, 0.2) is 65.9 Å². The second-order valence-corrected chi connectivity index (χ2v) is 20.6. The molecule has 410 valence electrons. The van der Waals surface area contributed by atoms with E-state index in [4.69, 9.17) is 45.4 Å². The first-order valence-corrected chi connectivity index (χ1v) is 26.9. The minimum atomic E-state index is -0.744. The lowest BCUT2D eigenvalue weighted by molar-refractivity contribution is -0.123. The monoisotopic (exact) mass is 1110 g/mol. The third kappa shape index (κ3) is 14.8. The number of likely N-dealkylation sites (tertiary alicyclic amines) is 2. The molecule has 0 spiro atoms. The van der Waals surface area contributed by atoms with Crippen LogP contribution < -0.4 is 54.8 Å². The van der Waals surface area contributed by atoms with E-state index in [2.05, 4.69) is 51.8 Å². The summed E-state index contributed by atoms with van der Waals surface area (Å²) in [5, 5.41) is 35.4. The van der Waals surface area contributed by atoms with Crippen molar-refractivity contribution < 1.29 is 28.8 Å². The summed E-state index contributed by atoms with van der Waals surface area (Å²) in [4.78, 5) is 98.6. The fourth-order valence-electron chi connectivity index (χ4n) is 8.89. The van der Waals surface area contributed by atoms with Crippen LogP contribution in [0.4, 0.5) is 0 Å². The van der Waals surface area contributed by atoms with Gasteiger partial charge in [0.05, 0.1) is 17.1 Å². The van der Waals surface area contributed by atoms with E-state index in [-0.39, 0.29) is 70.8 Å². The van der Waals surface area contributed by atoms with Crippen LogP contribution in [-0.4, -0.2) is 150 Å². The van der Waals surface area contributed by atoms with E-state index in [1.165, 1.54) is 36.8 Å². The van der Waals surface area contributed by atoms with Crippen LogP contribution in [-0.2, 0) is 9.59 Å². The highest BCUT2D eigenvalue weighted by Crippen LogP contribution is 2.36. The molecule has 2 aliphatic heterocycles. The Morgan fingerprint density at radius 1 is 0.649 bits per heavy atom. The maximum atomic E-state index is 13.4. The molecule has 0 aliphatic carbocycles. The molecule has 29 heteroatoms. The van der Waals surface area contributed by atoms with Crippen molar-refractivity contribution in [1.29, 1.82) is 10.8 Å². The number of unbranched alkanes of at least 4 members (excludes halogenated alkanes) is 2. The predicted octanol–water partition coefficient (Wildman–Crippen LogP) is 1.06. The molecule has 6 aromatic rings. The summed E-state index contributed by atoms with van der Waals surface area (Å²) in [5.74, 6) is -2.32. The van der Waals surface area contributed by atoms with E-state index >= 15 is 0 Å². The molecule has 2 fully saturated rings. The standard InChI is InChI=1S/C24H31ClN10O3S.C24H32N10O3S/c1-29-20(36)15(4-2-3-7-30-24(27)28)32-21(37)17-12-39-22(33-17)18-8-14(26)10-35(18)23(38)16-11-34-9-13(25)5-6-19(34)31-16;1-28-20(35)15(6-2-4-8-29-24(26)27)31-21(36)17-13-38-22(32-17)18-10-14(25)11-34(18)23(37)16-12-33-9-5-3-7-19(33)30-16/h5-6,9,11-12,14-15,18H,2-4,7-8,10,26H2,1H3,(H,29,36)(H,32,37)(H4,27,28,30);3,5,7,9,12-15,18H,2,4,6,8,10-11,25H2,1H3,(H,28,35)(H,31,36)(H4,26,27,29)/t14-,15-,18+;14-,15+,18+/m11/s1. The van der Waals surface area contributed by atoms with E-state index in [1.54, 1.807) is 60.1 Å². The molecule has 16 N–H and O–H groups in total. The second kappa shape index (κ2) is 26.3. The van der Waals surface area contributed by atoms with E-state index < -0.39 is 29.9 Å². The highest BCUT2D eigenvalue weighted by Gasteiger charge is 2.40. The first kappa shape index (κ1) is 56.9. The Bertz CT molecular complexity index is 3070. The molecule has 0 aromatic carbocycles. The number of hydrogen-bond acceptors (Lipinski definition) is 16. The number of carbonyl (C=O) groups is 6. The van der Waals surface area contributed by atoms with Gasteiger partial charge in [-0.1, -0.05) is 17.7 Å². The molecular formula is C48H63ClN20O6S2. The van der Waals surface area contributed by atoms with Gasteiger partial charge in [0.25, 0.3) is 23.6 Å². The molecule has 2 saturated heterocycles. The van der Waals surface area contributed by atoms with Gasteiger partial charge in [0.2, 0.25) is 11.8 Å². The zero-order valence-corrected chi connectivity index (χ0v) is 44.7. The number of guanidine groups is 2. The highest BCUT2D eigenvalue weighted by atomic mass is 35.5. The van der Waals surface area contributed by atoms with E-state index in [0.717, 1.165) is 0 Å². The number of nitrogens with two attached hydrogens (primary N) is 4. The van der Waals surface area contributed by atoms with Crippen molar-refractivity contribution in [2.24, 2.45) is 22.9 Å². The average Bonchev–Trinajstić information content (AvgIpc) is 4.29. The van der Waals surface area contributed by atoms with Gasteiger partial charge in [-0.05, 0) is 75.6 Å². The molecule has 2 aliphatic rings. The smallest absolute Gasteiger partial charge is 0.274 e. The zero-order chi connectivity index (χ0) is 55.3. The summed E-state index contributed by atoms with van der Waals surface area (Å²) in [6, 6.07) is 6.24. The largest absolute Gasteiger partial charge is 0.370 e. The quantitative estimate of drug-likeness (QED) is 0.0289. The number of aromatic nitrogens is 6. The fourth-order valence-corrected chi connectivity index (χ4v) is 10.9. The summed E-state index contributed by atoms with van der Waals surface area (Å²) in [6.07, 6.45) is 11.3. The third-order valence-electron chi connectivity index (χ3n) is 12.7. The molecule has 0 unspecified atom stereocenters. The van der Waals surface area contributed by atoms with Crippen LogP contribution in [0.25, 0.3) is 11.3 Å². The molecular weight excluding hydrogens is 1050 g/mol. The number of hydrogen-bond donors (Lipinski definition) is 12. The molecule has 6 atom stereocenters. The summed E-state index contributed by atoms with van der Waals surface area (Å²) in [5.41, 5.74) is 25.2. The number of halogens is 1. The molecule has 0 saturated carbocycles. The van der Waals surface area contributed by atoms with E-state index in [0.29, 0.717) is 110 Å². The van der Waals surface area contributed by atoms with Crippen LogP contribution in [0.5, 0.6) is 0 Å². The van der Waals surface area contributed by atoms with Gasteiger partial charge in [0, 0.05) is 87.9 Å².